The van der Waals surface area contributed by atoms with Crippen molar-refractivity contribution in [2.24, 2.45) is 14.1 Å². The van der Waals surface area contributed by atoms with Crippen LogP contribution in [-0.4, -0.2) is 55.6 Å². The van der Waals surface area contributed by atoms with Crippen LogP contribution in [0.5, 0.6) is 5.88 Å². The van der Waals surface area contributed by atoms with Crippen LogP contribution in [0.2, 0.25) is 5.02 Å². The summed E-state index contributed by atoms with van der Waals surface area (Å²) in [5, 5.41) is 7.58. The molecule has 2 aliphatic heterocycles. The van der Waals surface area contributed by atoms with Crippen molar-refractivity contribution in [1.82, 2.24) is 29.3 Å². The maximum absolute atomic E-state index is 13.2. The summed E-state index contributed by atoms with van der Waals surface area (Å²) in [6.45, 7) is 3.78. The van der Waals surface area contributed by atoms with E-state index in [4.69, 9.17) is 21.3 Å². The van der Waals surface area contributed by atoms with E-state index in [0.717, 1.165) is 89.0 Å². The van der Waals surface area contributed by atoms with Crippen molar-refractivity contribution in [3.8, 4) is 28.3 Å². The summed E-state index contributed by atoms with van der Waals surface area (Å²) in [4.78, 5) is 50.1. The van der Waals surface area contributed by atoms with Gasteiger partial charge in [-0.15, -0.1) is 0 Å². The first-order valence-corrected chi connectivity index (χ1v) is 17.8. The van der Waals surface area contributed by atoms with Gasteiger partial charge in [0.25, 0.3) is 5.56 Å². The number of likely N-dealkylation sites (tertiary alicyclic amines) is 1. The van der Waals surface area contributed by atoms with Gasteiger partial charge in [0.2, 0.25) is 11.8 Å². The second kappa shape index (κ2) is 12.6. The van der Waals surface area contributed by atoms with Gasteiger partial charge in [-0.2, -0.15) is 0 Å². The average Bonchev–Trinajstić information content (AvgIpc) is 3.74. The van der Waals surface area contributed by atoms with Crippen LogP contribution in [-0.2, 0) is 25.3 Å². The summed E-state index contributed by atoms with van der Waals surface area (Å²) in [6.07, 6.45) is 7.03. The van der Waals surface area contributed by atoms with Crippen molar-refractivity contribution in [2.75, 3.05) is 25.5 Å². The van der Waals surface area contributed by atoms with Crippen molar-refractivity contribution in [3.63, 3.8) is 0 Å². The molecular formula is C39H40ClN7O4. The van der Waals surface area contributed by atoms with Crippen molar-refractivity contribution < 1.29 is 9.53 Å². The Labute approximate surface area is 300 Å². The van der Waals surface area contributed by atoms with Crippen LogP contribution in [0.4, 0.5) is 11.5 Å². The standard InChI is InChI=1S/C39H40ClN7O4/c1-22-24(8-6-11-27(22)42-35-33-29(15-18-41-35)45(2)38(50)46(3)37(33)49)25-9-5-10-26(34(25)40)28-20-23-13-14-30(32(23)36(43-28)51-4)47-19-17-39(21-47)16-7-12-31(48)44-39/h5-6,8-11,15,18,20,30H,7,12-14,16-17,19,21H2,1-4H3,(H,41,42)(H,44,48). The Morgan fingerprint density at radius 1 is 1.00 bits per heavy atom. The molecule has 0 radical (unpaired) electrons. The molecule has 2 fully saturated rings. The summed E-state index contributed by atoms with van der Waals surface area (Å²) in [6, 6.07) is 15.9. The lowest BCUT2D eigenvalue weighted by atomic mass is 9.88. The van der Waals surface area contributed by atoms with Crippen molar-refractivity contribution in [3.05, 3.63) is 97.3 Å². The number of nitrogens with one attached hydrogen (secondary N) is 2. The van der Waals surface area contributed by atoms with E-state index < -0.39 is 11.2 Å². The molecule has 3 aliphatic rings. The van der Waals surface area contributed by atoms with Gasteiger partial charge in [0.15, 0.2) is 0 Å². The molecule has 2 aromatic carbocycles. The van der Waals surface area contributed by atoms with Crippen LogP contribution >= 0.6 is 11.6 Å². The number of pyridine rings is 2. The predicted octanol–water partition coefficient (Wildman–Crippen LogP) is 5.81. The van der Waals surface area contributed by atoms with Gasteiger partial charge in [-0.25, -0.2) is 14.8 Å². The van der Waals surface area contributed by atoms with Gasteiger partial charge in [0.1, 0.15) is 11.2 Å². The van der Waals surface area contributed by atoms with Gasteiger partial charge in [0, 0.05) is 68.2 Å². The van der Waals surface area contributed by atoms with Crippen LogP contribution in [0, 0.1) is 6.92 Å². The Balaban J connectivity index is 1.12. The number of aryl methyl sites for hydroxylation is 2. The number of carbonyl (C=O) groups is 1. The van der Waals surface area contributed by atoms with Gasteiger partial charge in [-0.1, -0.05) is 41.9 Å². The smallest absolute Gasteiger partial charge is 0.330 e. The predicted molar refractivity (Wildman–Crippen MR) is 199 cm³/mol. The molecule has 51 heavy (non-hydrogen) atoms. The largest absolute Gasteiger partial charge is 0.481 e. The molecule has 1 aliphatic carbocycles. The fourth-order valence-electron chi connectivity index (χ4n) is 8.47. The highest BCUT2D eigenvalue weighted by Gasteiger charge is 2.45. The fourth-order valence-corrected chi connectivity index (χ4v) is 8.80. The number of fused-ring (bicyclic) bond motifs is 2. The van der Waals surface area contributed by atoms with Gasteiger partial charge >= 0.3 is 5.69 Å². The molecule has 8 rings (SSSR count). The van der Waals surface area contributed by atoms with Crippen LogP contribution in [0.3, 0.4) is 0 Å². The highest BCUT2D eigenvalue weighted by atomic mass is 35.5. The highest BCUT2D eigenvalue weighted by Crippen LogP contribution is 2.47. The minimum absolute atomic E-state index is 0.125. The number of hydrogen-bond donors (Lipinski definition) is 2. The number of ether oxygens (including phenoxy) is 1. The summed E-state index contributed by atoms with van der Waals surface area (Å²) in [5.74, 6) is 1.15. The number of hydrogen-bond acceptors (Lipinski definition) is 8. The Morgan fingerprint density at radius 3 is 2.59 bits per heavy atom. The van der Waals surface area contributed by atoms with Gasteiger partial charge in [-0.05, 0) is 73.9 Å². The normalized spacial score (nSPS) is 20.2. The fraction of sp³-hybridized carbons (Fsp3) is 0.359. The first-order chi connectivity index (χ1) is 24.6. The van der Waals surface area contributed by atoms with E-state index in [-0.39, 0.29) is 17.5 Å². The second-order valence-electron chi connectivity index (χ2n) is 14.1. The molecule has 5 heterocycles. The third-order valence-electron chi connectivity index (χ3n) is 11.1. The molecule has 262 valence electrons. The highest BCUT2D eigenvalue weighted by molar-refractivity contribution is 6.36. The number of amides is 1. The SMILES string of the molecule is COc1nc(-c2cccc(-c3cccc(Nc4nccc5c4c(=O)n(C)c(=O)n5C)c3C)c2Cl)cc2c1C(N1CCC3(CCCC(=O)N3)C1)CC2. The molecule has 2 unspecified atom stereocenters. The van der Waals surface area contributed by atoms with E-state index in [9.17, 15) is 14.4 Å². The monoisotopic (exact) mass is 705 g/mol. The Morgan fingerprint density at radius 2 is 1.78 bits per heavy atom. The molecule has 5 aromatic rings. The number of anilines is 2. The molecule has 11 nitrogen and oxygen atoms in total. The molecule has 0 saturated carbocycles. The van der Waals surface area contributed by atoms with Crippen molar-refractivity contribution in [2.45, 2.75) is 57.0 Å². The van der Waals surface area contributed by atoms with Crippen molar-refractivity contribution in [1.29, 1.82) is 0 Å². The van der Waals surface area contributed by atoms with Gasteiger partial charge in [-0.3, -0.25) is 23.6 Å². The number of piperidine rings is 1. The van der Waals surface area contributed by atoms with E-state index >= 15 is 0 Å². The lowest BCUT2D eigenvalue weighted by Gasteiger charge is -2.35. The summed E-state index contributed by atoms with van der Waals surface area (Å²) in [5.41, 5.74) is 6.89. The zero-order valence-corrected chi connectivity index (χ0v) is 29.9. The van der Waals surface area contributed by atoms with Crippen LogP contribution < -0.4 is 26.6 Å². The van der Waals surface area contributed by atoms with Gasteiger partial charge in [0.05, 0.1) is 28.9 Å². The Bertz CT molecular complexity index is 2370. The molecule has 2 atom stereocenters. The lowest BCUT2D eigenvalue weighted by Crippen LogP contribution is -2.53. The van der Waals surface area contributed by atoms with Crippen LogP contribution in [0.15, 0.2) is 64.3 Å². The summed E-state index contributed by atoms with van der Waals surface area (Å²) < 4.78 is 8.50. The number of aromatic nitrogens is 4. The molecule has 0 bridgehead atoms. The van der Waals surface area contributed by atoms with Crippen LogP contribution in [0.1, 0.15) is 54.8 Å². The van der Waals surface area contributed by atoms with E-state index in [1.165, 1.54) is 17.2 Å². The Hall–Kier alpha value is -5.00. The zero-order chi connectivity index (χ0) is 35.6. The lowest BCUT2D eigenvalue weighted by molar-refractivity contribution is -0.125. The third-order valence-corrected chi connectivity index (χ3v) is 11.6. The minimum atomic E-state index is -0.418. The quantitative estimate of drug-likeness (QED) is 0.227. The first kappa shape index (κ1) is 33.2. The van der Waals surface area contributed by atoms with Crippen LogP contribution in [0.25, 0.3) is 33.3 Å². The number of halogens is 1. The maximum Gasteiger partial charge on any atom is 0.330 e. The van der Waals surface area contributed by atoms with E-state index in [1.807, 2.05) is 43.3 Å². The molecule has 12 heteroatoms. The first-order valence-electron chi connectivity index (χ1n) is 17.4. The molecule has 3 aromatic heterocycles. The molecular weight excluding hydrogens is 666 g/mol. The Kier molecular flexibility index (Phi) is 8.22. The second-order valence-corrected chi connectivity index (χ2v) is 14.5. The molecule has 1 amide bonds. The molecule has 2 N–H and O–H groups in total. The number of nitrogens with zero attached hydrogens (tertiary/aromatic N) is 5. The molecule has 2 saturated heterocycles. The van der Waals surface area contributed by atoms with Gasteiger partial charge < -0.3 is 15.4 Å². The number of rotatable bonds is 6. The number of methoxy groups -OCH3 is 1. The maximum atomic E-state index is 13.2. The summed E-state index contributed by atoms with van der Waals surface area (Å²) >= 11 is 7.25. The number of carbonyl (C=O) groups excluding carboxylic acids is 1. The van der Waals surface area contributed by atoms with Crippen molar-refractivity contribution >= 4 is 39.9 Å². The third kappa shape index (κ3) is 5.50. The zero-order valence-electron chi connectivity index (χ0n) is 29.2. The van der Waals surface area contributed by atoms with E-state index in [2.05, 4.69) is 26.6 Å². The summed E-state index contributed by atoms with van der Waals surface area (Å²) in [7, 11) is 4.78. The van der Waals surface area contributed by atoms with E-state index in [1.54, 1.807) is 26.4 Å². The minimum Gasteiger partial charge on any atom is -0.481 e. The van der Waals surface area contributed by atoms with E-state index in [0.29, 0.717) is 34.0 Å². The topological polar surface area (TPSA) is 123 Å². The average molecular weight is 706 g/mol. The number of benzene rings is 2. The molecule has 1 spiro atoms.